The second kappa shape index (κ2) is 7.45. The van der Waals surface area contributed by atoms with E-state index < -0.39 is 0 Å². The van der Waals surface area contributed by atoms with E-state index in [4.69, 9.17) is 0 Å². The van der Waals surface area contributed by atoms with Gasteiger partial charge in [-0.05, 0) is 54.3 Å². The first kappa shape index (κ1) is 19.3. The summed E-state index contributed by atoms with van der Waals surface area (Å²) in [5.74, 6) is 0. The number of hydrogen-bond donors (Lipinski definition) is 0. The summed E-state index contributed by atoms with van der Waals surface area (Å²) in [6, 6.07) is 32.3. The number of fused-ring (bicyclic) bond motifs is 6. The van der Waals surface area contributed by atoms with E-state index in [1.807, 2.05) is 23.5 Å². The van der Waals surface area contributed by atoms with Gasteiger partial charge in [0.05, 0.1) is 22.3 Å². The molecule has 0 spiro atoms. The van der Waals surface area contributed by atoms with E-state index in [9.17, 15) is 5.26 Å². The lowest BCUT2D eigenvalue weighted by Gasteiger charge is -2.15. The molecule has 0 amide bonds. The fraction of sp³-hybridized carbons (Fsp3) is 0.0645. The van der Waals surface area contributed by atoms with Crippen molar-refractivity contribution in [2.24, 2.45) is 0 Å². The Bertz CT molecular complexity index is 1820. The first-order valence-corrected chi connectivity index (χ1v) is 12.4. The van der Waals surface area contributed by atoms with E-state index in [0.29, 0.717) is 5.56 Å². The maximum atomic E-state index is 9.96. The second-order valence-electron chi connectivity index (χ2n) is 8.77. The van der Waals surface area contributed by atoms with Gasteiger partial charge < -0.3 is 4.57 Å². The zero-order valence-corrected chi connectivity index (χ0v) is 19.3. The van der Waals surface area contributed by atoms with Crippen molar-refractivity contribution in [3.8, 4) is 22.9 Å². The highest BCUT2D eigenvalue weighted by atomic mass is 32.1. The molecule has 1 aliphatic carbocycles. The van der Waals surface area contributed by atoms with Gasteiger partial charge in [0.15, 0.2) is 0 Å². The van der Waals surface area contributed by atoms with Crippen molar-refractivity contribution in [2.45, 2.75) is 12.8 Å². The van der Waals surface area contributed by atoms with Crippen LogP contribution in [0.2, 0.25) is 0 Å². The van der Waals surface area contributed by atoms with E-state index >= 15 is 0 Å². The highest BCUT2D eigenvalue weighted by molar-refractivity contribution is 7.19. The predicted octanol–water partition coefficient (Wildman–Crippen LogP) is 8.50. The van der Waals surface area contributed by atoms with Crippen LogP contribution in [0.1, 0.15) is 22.4 Å². The molecule has 0 saturated heterocycles. The van der Waals surface area contributed by atoms with E-state index in [2.05, 4.69) is 95.6 Å². The maximum absolute atomic E-state index is 9.96. The molecule has 2 aromatic heterocycles. The molecule has 1 aliphatic rings. The summed E-state index contributed by atoms with van der Waals surface area (Å²) in [7, 11) is 0. The molecular weight excluding hydrogens is 432 g/mol. The number of benzene rings is 4. The molecule has 2 heterocycles. The van der Waals surface area contributed by atoms with Crippen molar-refractivity contribution < 1.29 is 0 Å². The molecule has 0 saturated carbocycles. The van der Waals surface area contributed by atoms with Crippen LogP contribution in [-0.2, 0) is 6.42 Å². The van der Waals surface area contributed by atoms with Crippen LogP contribution in [0, 0.1) is 11.3 Å². The monoisotopic (exact) mass is 452 g/mol. The third kappa shape index (κ3) is 2.73. The highest BCUT2D eigenvalue weighted by Gasteiger charge is 2.19. The first-order valence-electron chi connectivity index (χ1n) is 11.6. The van der Waals surface area contributed by atoms with Crippen LogP contribution in [0.15, 0.2) is 91.0 Å². The third-order valence-electron chi connectivity index (χ3n) is 6.90. The minimum atomic E-state index is 0.691. The summed E-state index contributed by atoms with van der Waals surface area (Å²) < 4.78 is 3.62. The summed E-state index contributed by atoms with van der Waals surface area (Å²) >= 11 is 1.92. The summed E-state index contributed by atoms with van der Waals surface area (Å²) in [4.78, 5) is 1.49. The molecule has 4 aromatic carbocycles. The Balaban J connectivity index is 1.55. The average molecular weight is 453 g/mol. The third-order valence-corrected chi connectivity index (χ3v) is 8.14. The Morgan fingerprint density at radius 1 is 0.824 bits per heavy atom. The van der Waals surface area contributed by atoms with Crippen LogP contribution in [-0.4, -0.2) is 4.57 Å². The fourth-order valence-electron chi connectivity index (χ4n) is 5.39. The van der Waals surface area contributed by atoms with E-state index in [1.54, 1.807) is 0 Å². The van der Waals surface area contributed by atoms with Gasteiger partial charge in [-0.3, -0.25) is 0 Å². The minimum absolute atomic E-state index is 0.691. The molecule has 0 atom stereocenters. The highest BCUT2D eigenvalue weighted by Crippen LogP contribution is 2.41. The van der Waals surface area contributed by atoms with Gasteiger partial charge in [0, 0.05) is 31.3 Å². The maximum Gasteiger partial charge on any atom is 0.101 e. The Labute approximate surface area is 201 Å². The Morgan fingerprint density at radius 3 is 2.62 bits per heavy atom. The quantitative estimate of drug-likeness (QED) is 0.259. The number of nitrogens with zero attached hydrogens (tertiary/aromatic N) is 2. The van der Waals surface area contributed by atoms with Crippen molar-refractivity contribution in [1.82, 2.24) is 4.57 Å². The molecule has 0 N–H and O–H groups in total. The van der Waals surface area contributed by atoms with Crippen LogP contribution in [0.3, 0.4) is 0 Å². The number of hydrogen-bond acceptors (Lipinski definition) is 2. The molecule has 0 fully saturated rings. The lowest BCUT2D eigenvalue weighted by molar-refractivity contribution is 1.02. The van der Waals surface area contributed by atoms with Crippen LogP contribution in [0.5, 0.6) is 0 Å². The molecule has 0 unspecified atom stereocenters. The predicted molar refractivity (Wildman–Crippen MR) is 144 cm³/mol. The Hall–Kier alpha value is -4.13. The molecule has 0 aliphatic heterocycles. The fourth-order valence-corrected chi connectivity index (χ4v) is 6.58. The largest absolute Gasteiger partial charge is 0.307 e. The SMILES string of the molecule is N#Cc1cccc2c3ccccc3n(-c3ccccc3-c3ccc4sc5c(c4c3)C=CCC5)c12. The van der Waals surface area contributed by atoms with Gasteiger partial charge in [0.1, 0.15) is 6.07 Å². The van der Waals surface area contributed by atoms with E-state index in [1.165, 1.54) is 31.7 Å². The number of nitriles is 1. The zero-order valence-electron chi connectivity index (χ0n) is 18.5. The van der Waals surface area contributed by atoms with Crippen molar-refractivity contribution >= 4 is 49.3 Å². The van der Waals surface area contributed by atoms with Crippen LogP contribution in [0.25, 0.3) is 54.8 Å². The minimum Gasteiger partial charge on any atom is -0.307 e. The number of aromatic nitrogens is 1. The van der Waals surface area contributed by atoms with Crippen LogP contribution < -0.4 is 0 Å². The topological polar surface area (TPSA) is 28.7 Å². The number of allylic oxidation sites excluding steroid dienone is 1. The summed E-state index contributed by atoms with van der Waals surface area (Å²) in [6.07, 6.45) is 6.84. The zero-order chi connectivity index (χ0) is 22.6. The molecular formula is C31H20N2S. The number of thiophene rings is 1. The van der Waals surface area contributed by atoms with Crippen LogP contribution >= 0.6 is 11.3 Å². The molecule has 0 radical (unpaired) electrons. The molecule has 7 rings (SSSR count). The van der Waals surface area contributed by atoms with Crippen molar-refractivity contribution in [2.75, 3.05) is 0 Å². The lowest BCUT2D eigenvalue weighted by Crippen LogP contribution is -1.98. The van der Waals surface area contributed by atoms with Gasteiger partial charge in [0.2, 0.25) is 0 Å². The molecule has 160 valence electrons. The molecule has 0 bridgehead atoms. The number of aryl methyl sites for hydroxylation is 1. The van der Waals surface area contributed by atoms with Gasteiger partial charge in [-0.15, -0.1) is 11.3 Å². The van der Waals surface area contributed by atoms with Crippen LogP contribution in [0.4, 0.5) is 0 Å². The second-order valence-corrected chi connectivity index (χ2v) is 9.91. The molecule has 34 heavy (non-hydrogen) atoms. The van der Waals surface area contributed by atoms with E-state index in [0.717, 1.165) is 40.3 Å². The molecule has 2 nitrogen and oxygen atoms in total. The Kier molecular flexibility index (Phi) is 4.24. The smallest absolute Gasteiger partial charge is 0.101 e. The number of para-hydroxylation sites is 3. The lowest BCUT2D eigenvalue weighted by atomic mass is 9.98. The summed E-state index contributed by atoms with van der Waals surface area (Å²) in [5.41, 5.74) is 7.61. The molecule has 6 aromatic rings. The summed E-state index contributed by atoms with van der Waals surface area (Å²) in [5, 5.41) is 13.6. The Morgan fingerprint density at radius 2 is 1.68 bits per heavy atom. The van der Waals surface area contributed by atoms with Crippen molar-refractivity contribution in [3.05, 3.63) is 107 Å². The summed E-state index contributed by atoms with van der Waals surface area (Å²) in [6.45, 7) is 0. The standard InChI is InChI=1S/C31H20N2S/c32-19-21-8-7-12-25-23-10-2-5-14-28(23)33(31(21)25)27-13-4-1-9-22(27)20-16-17-30-26(18-20)24-11-3-6-15-29(24)34-30/h1-5,7-14,16-18H,6,15H2. The normalized spacial score (nSPS) is 12.9. The van der Waals surface area contributed by atoms with Gasteiger partial charge in [-0.2, -0.15) is 5.26 Å². The average Bonchev–Trinajstić information content (AvgIpc) is 3.44. The van der Waals surface area contributed by atoms with Gasteiger partial charge in [-0.25, -0.2) is 0 Å². The van der Waals surface area contributed by atoms with Gasteiger partial charge >= 0.3 is 0 Å². The van der Waals surface area contributed by atoms with Crippen molar-refractivity contribution in [3.63, 3.8) is 0 Å². The van der Waals surface area contributed by atoms with Gasteiger partial charge in [-0.1, -0.05) is 66.7 Å². The first-order chi connectivity index (χ1) is 16.8. The molecule has 3 heteroatoms. The number of rotatable bonds is 2. The van der Waals surface area contributed by atoms with Crippen molar-refractivity contribution in [1.29, 1.82) is 5.26 Å². The van der Waals surface area contributed by atoms with E-state index in [-0.39, 0.29) is 0 Å². The van der Waals surface area contributed by atoms with Gasteiger partial charge in [0.25, 0.3) is 0 Å².